The van der Waals surface area contributed by atoms with Crippen molar-refractivity contribution in [1.82, 2.24) is 29.1 Å². The van der Waals surface area contributed by atoms with E-state index in [4.69, 9.17) is 4.74 Å². The van der Waals surface area contributed by atoms with Crippen molar-refractivity contribution in [3.63, 3.8) is 0 Å². The molecule has 1 atom stereocenters. The minimum absolute atomic E-state index is 0.0947. The van der Waals surface area contributed by atoms with Crippen LogP contribution >= 0.6 is 0 Å². The Bertz CT molecular complexity index is 1200. The highest BCUT2D eigenvalue weighted by atomic mass is 19.3. The number of rotatable bonds is 3. The Morgan fingerprint density at radius 1 is 1.29 bits per heavy atom. The van der Waals surface area contributed by atoms with Crippen molar-refractivity contribution in [2.24, 2.45) is 0 Å². The quantitative estimate of drug-likeness (QED) is 0.537. The van der Waals surface area contributed by atoms with Gasteiger partial charge in [0.25, 0.3) is 0 Å². The predicted octanol–water partition coefficient (Wildman–Crippen LogP) is 3.82. The summed E-state index contributed by atoms with van der Waals surface area (Å²) in [6.07, 6.45) is 5.14. The molecule has 144 valence electrons. The molecule has 0 N–H and O–H groups in total. The van der Waals surface area contributed by atoms with Crippen LogP contribution in [-0.2, 0) is 0 Å². The molecule has 1 fully saturated rings. The first-order valence-electron chi connectivity index (χ1n) is 9.06. The maximum absolute atomic E-state index is 13.8. The van der Waals surface area contributed by atoms with Crippen LogP contribution in [0.2, 0.25) is 0 Å². The van der Waals surface area contributed by atoms with Crippen molar-refractivity contribution in [3.8, 4) is 17.0 Å². The molecular weight excluding hydrogens is 366 g/mol. The number of aromatic nitrogens is 6. The standard InChI is InChI=1S/C19H18F2N6O/c1-11-25-17-15(27(11)13-3-5-19(20,21)8-13)7-12(9-22-17)14-4-6-26-16(14)18(28-2)23-10-24-26/h4,6-7,9-10,13H,3,5,8H2,1-2H3. The summed E-state index contributed by atoms with van der Waals surface area (Å²) in [5.41, 5.74) is 3.72. The Labute approximate surface area is 159 Å². The lowest BCUT2D eigenvalue weighted by Gasteiger charge is -2.15. The Balaban J connectivity index is 1.68. The highest BCUT2D eigenvalue weighted by Gasteiger charge is 2.41. The van der Waals surface area contributed by atoms with Crippen LogP contribution in [-0.4, -0.2) is 42.2 Å². The lowest BCUT2D eigenvalue weighted by Crippen LogP contribution is -2.13. The predicted molar refractivity (Wildman–Crippen MR) is 98.6 cm³/mol. The molecule has 4 aromatic rings. The Morgan fingerprint density at radius 3 is 2.89 bits per heavy atom. The Kier molecular flexibility index (Phi) is 3.62. The van der Waals surface area contributed by atoms with E-state index < -0.39 is 5.92 Å². The number of nitrogens with zero attached hydrogens (tertiary/aromatic N) is 6. The average molecular weight is 384 g/mol. The molecule has 4 aromatic heterocycles. The molecule has 4 heterocycles. The lowest BCUT2D eigenvalue weighted by atomic mass is 10.1. The second-order valence-corrected chi connectivity index (χ2v) is 7.14. The smallest absolute Gasteiger partial charge is 0.250 e. The third-order valence-corrected chi connectivity index (χ3v) is 5.39. The fourth-order valence-corrected chi connectivity index (χ4v) is 4.15. The average Bonchev–Trinajstić information content (AvgIpc) is 3.34. The number of methoxy groups -OCH3 is 1. The highest BCUT2D eigenvalue weighted by molar-refractivity contribution is 5.87. The van der Waals surface area contributed by atoms with Crippen molar-refractivity contribution >= 4 is 16.7 Å². The molecule has 0 spiro atoms. The van der Waals surface area contributed by atoms with E-state index in [9.17, 15) is 8.78 Å². The molecule has 1 saturated carbocycles. The molecule has 0 radical (unpaired) electrons. The van der Waals surface area contributed by atoms with Gasteiger partial charge in [0.1, 0.15) is 17.7 Å². The Hall–Kier alpha value is -3.10. The molecule has 1 aliphatic rings. The molecule has 7 nitrogen and oxygen atoms in total. The molecule has 0 bridgehead atoms. The summed E-state index contributed by atoms with van der Waals surface area (Å²) in [4.78, 5) is 13.1. The monoisotopic (exact) mass is 384 g/mol. The molecule has 28 heavy (non-hydrogen) atoms. The van der Waals surface area contributed by atoms with Gasteiger partial charge in [-0.25, -0.2) is 23.3 Å². The van der Waals surface area contributed by atoms with E-state index in [0.29, 0.717) is 23.8 Å². The van der Waals surface area contributed by atoms with Gasteiger partial charge < -0.3 is 9.30 Å². The fourth-order valence-electron chi connectivity index (χ4n) is 4.15. The van der Waals surface area contributed by atoms with Gasteiger partial charge in [-0.05, 0) is 25.5 Å². The van der Waals surface area contributed by atoms with E-state index in [1.165, 1.54) is 6.33 Å². The molecule has 0 saturated heterocycles. The first kappa shape index (κ1) is 17.0. The molecule has 0 aliphatic heterocycles. The molecule has 5 rings (SSSR count). The Morgan fingerprint density at radius 2 is 2.14 bits per heavy atom. The van der Waals surface area contributed by atoms with Gasteiger partial charge in [0.05, 0.1) is 12.6 Å². The summed E-state index contributed by atoms with van der Waals surface area (Å²) in [5.74, 6) is -1.47. The lowest BCUT2D eigenvalue weighted by molar-refractivity contribution is 0.00572. The molecule has 1 aliphatic carbocycles. The maximum Gasteiger partial charge on any atom is 0.250 e. The first-order valence-corrected chi connectivity index (χ1v) is 9.06. The minimum Gasteiger partial charge on any atom is -0.479 e. The van der Waals surface area contributed by atoms with E-state index >= 15 is 0 Å². The first-order chi connectivity index (χ1) is 13.5. The third kappa shape index (κ3) is 2.53. The summed E-state index contributed by atoms with van der Waals surface area (Å²) in [7, 11) is 1.55. The van der Waals surface area contributed by atoms with Crippen LogP contribution in [0.25, 0.3) is 27.8 Å². The third-order valence-electron chi connectivity index (χ3n) is 5.39. The summed E-state index contributed by atoms with van der Waals surface area (Å²) < 4.78 is 36.6. The number of alkyl halides is 2. The highest BCUT2D eigenvalue weighted by Crippen LogP contribution is 2.43. The summed E-state index contributed by atoms with van der Waals surface area (Å²) in [5, 5.41) is 4.20. The van der Waals surface area contributed by atoms with Gasteiger partial charge in [-0.3, -0.25) is 0 Å². The van der Waals surface area contributed by atoms with Crippen LogP contribution in [0.1, 0.15) is 31.1 Å². The zero-order valence-electron chi connectivity index (χ0n) is 15.4. The van der Waals surface area contributed by atoms with Gasteiger partial charge in [0, 0.05) is 42.4 Å². The van der Waals surface area contributed by atoms with Gasteiger partial charge in [-0.15, -0.1) is 0 Å². The molecule has 9 heteroatoms. The van der Waals surface area contributed by atoms with Crippen LogP contribution in [0.5, 0.6) is 5.88 Å². The summed E-state index contributed by atoms with van der Waals surface area (Å²) >= 11 is 0. The van der Waals surface area contributed by atoms with Crippen molar-refractivity contribution in [2.75, 3.05) is 7.11 Å². The fraction of sp³-hybridized carbons (Fsp3) is 0.368. The number of hydrogen-bond donors (Lipinski definition) is 0. The molecule has 1 unspecified atom stereocenters. The van der Waals surface area contributed by atoms with Crippen LogP contribution in [0.15, 0.2) is 30.9 Å². The number of fused-ring (bicyclic) bond motifs is 2. The number of imidazole rings is 1. The number of ether oxygens (including phenoxy) is 1. The van der Waals surface area contributed by atoms with E-state index in [-0.39, 0.29) is 18.9 Å². The summed E-state index contributed by atoms with van der Waals surface area (Å²) in [6, 6.07) is 3.58. The summed E-state index contributed by atoms with van der Waals surface area (Å²) in [6.45, 7) is 1.84. The number of hydrogen-bond acceptors (Lipinski definition) is 5. The topological polar surface area (TPSA) is 70.1 Å². The normalized spacial score (nSPS) is 18.9. The van der Waals surface area contributed by atoms with Gasteiger partial charge in [0.15, 0.2) is 5.65 Å². The number of aryl methyl sites for hydroxylation is 1. The molecule has 0 aromatic carbocycles. The van der Waals surface area contributed by atoms with Crippen LogP contribution in [0.3, 0.4) is 0 Å². The molecular formula is C19H18F2N6O. The van der Waals surface area contributed by atoms with E-state index in [2.05, 4.69) is 20.1 Å². The van der Waals surface area contributed by atoms with Crippen molar-refractivity contribution in [2.45, 2.75) is 38.2 Å². The van der Waals surface area contributed by atoms with Crippen molar-refractivity contribution < 1.29 is 13.5 Å². The van der Waals surface area contributed by atoms with Crippen molar-refractivity contribution in [1.29, 1.82) is 0 Å². The van der Waals surface area contributed by atoms with E-state index in [1.54, 1.807) is 17.8 Å². The number of pyridine rings is 1. The van der Waals surface area contributed by atoms with E-state index in [0.717, 1.165) is 22.2 Å². The van der Waals surface area contributed by atoms with Gasteiger partial charge >= 0.3 is 0 Å². The van der Waals surface area contributed by atoms with Crippen LogP contribution < -0.4 is 4.74 Å². The van der Waals surface area contributed by atoms with Crippen LogP contribution in [0, 0.1) is 6.92 Å². The van der Waals surface area contributed by atoms with E-state index in [1.807, 2.05) is 29.8 Å². The van der Waals surface area contributed by atoms with Gasteiger partial charge in [-0.2, -0.15) is 10.1 Å². The minimum atomic E-state index is -2.62. The maximum atomic E-state index is 13.8. The zero-order valence-corrected chi connectivity index (χ0v) is 15.4. The zero-order chi connectivity index (χ0) is 19.5. The largest absolute Gasteiger partial charge is 0.479 e. The van der Waals surface area contributed by atoms with Gasteiger partial charge in [-0.1, -0.05) is 0 Å². The van der Waals surface area contributed by atoms with Crippen molar-refractivity contribution in [3.05, 3.63) is 36.7 Å². The van der Waals surface area contributed by atoms with Gasteiger partial charge in [0.2, 0.25) is 11.8 Å². The number of halogens is 2. The molecule has 0 amide bonds. The van der Waals surface area contributed by atoms with Crippen LogP contribution in [0.4, 0.5) is 8.78 Å². The second kappa shape index (κ2) is 5.95. The SMILES string of the molecule is COc1ncnn2ccc(-c3cnc4nc(C)n(C5CCC(F)(F)C5)c4c3)c12. The second-order valence-electron chi connectivity index (χ2n) is 7.14.